The van der Waals surface area contributed by atoms with E-state index in [-0.39, 0.29) is 25.5 Å². The van der Waals surface area contributed by atoms with E-state index in [0.717, 1.165) is 33.4 Å². The number of hydrogen-bond donors (Lipinski definition) is 3. The van der Waals surface area contributed by atoms with Gasteiger partial charge in [-0.05, 0) is 106 Å². The van der Waals surface area contributed by atoms with Crippen molar-refractivity contribution in [2.24, 2.45) is 0 Å². The average molecular weight is 577 g/mol. The number of benzene rings is 2. The molecule has 0 aliphatic rings. The lowest BCUT2D eigenvalue weighted by Gasteiger charge is -2.27. The molecule has 0 aromatic heterocycles. The summed E-state index contributed by atoms with van der Waals surface area (Å²) in [7, 11) is -3.64. The Morgan fingerprint density at radius 3 is 1.95 bits per heavy atom. The van der Waals surface area contributed by atoms with E-state index >= 15 is 0 Å². The minimum absolute atomic E-state index is 0.186. The van der Waals surface area contributed by atoms with Crippen LogP contribution in [-0.4, -0.2) is 48.7 Å². The Labute approximate surface area is 238 Å². The molecule has 0 bridgehead atoms. The molecular weight excluding hydrogens is 531 g/mol. The summed E-state index contributed by atoms with van der Waals surface area (Å²) in [4.78, 5) is 24.5. The summed E-state index contributed by atoms with van der Waals surface area (Å²) < 4.78 is 30.1. The first-order chi connectivity index (χ1) is 18.7. The molecular formula is C30H45N2O7P. The third kappa shape index (κ3) is 8.82. The molecule has 0 radical (unpaired) electrons. The summed E-state index contributed by atoms with van der Waals surface area (Å²) in [6.45, 7) is 16.9. The fraction of sp³-hybridized carbons (Fsp3) is 0.533. The molecule has 0 fully saturated rings. The Morgan fingerprint density at radius 1 is 0.900 bits per heavy atom. The van der Waals surface area contributed by atoms with Gasteiger partial charge in [-0.1, -0.05) is 26.0 Å². The second-order valence-electron chi connectivity index (χ2n) is 10.4. The van der Waals surface area contributed by atoms with Crippen LogP contribution in [0.3, 0.4) is 0 Å². The van der Waals surface area contributed by atoms with Crippen LogP contribution >= 0.6 is 7.44 Å². The molecule has 0 heterocycles. The minimum atomic E-state index is -3.64. The van der Waals surface area contributed by atoms with Crippen LogP contribution in [0, 0.1) is 20.8 Å². The van der Waals surface area contributed by atoms with Gasteiger partial charge in [0, 0.05) is 0 Å². The molecule has 0 aliphatic carbocycles. The highest BCUT2D eigenvalue weighted by Gasteiger charge is 2.33. The number of phenols is 1. The number of aromatic hydroxyl groups is 1. The van der Waals surface area contributed by atoms with Crippen molar-refractivity contribution in [2.75, 3.05) is 19.6 Å². The lowest BCUT2D eigenvalue weighted by molar-refractivity contribution is -0.145. The van der Waals surface area contributed by atoms with E-state index in [1.165, 1.54) is 0 Å². The lowest BCUT2D eigenvalue weighted by atomic mass is 9.91. The van der Waals surface area contributed by atoms with Gasteiger partial charge in [-0.25, -0.2) is 10.2 Å². The maximum atomic E-state index is 13.9. The van der Waals surface area contributed by atoms with Crippen molar-refractivity contribution < 1.29 is 33.5 Å². The molecule has 9 nitrogen and oxygen atoms in total. The van der Waals surface area contributed by atoms with Gasteiger partial charge >= 0.3 is 11.9 Å². The van der Waals surface area contributed by atoms with Crippen molar-refractivity contribution in [3.8, 4) is 11.5 Å². The fourth-order valence-corrected chi connectivity index (χ4v) is 6.45. The van der Waals surface area contributed by atoms with Crippen molar-refractivity contribution in [1.82, 2.24) is 10.2 Å². The van der Waals surface area contributed by atoms with E-state index in [1.807, 2.05) is 39.0 Å². The highest BCUT2D eigenvalue weighted by molar-refractivity contribution is 7.59. The number of hydrogen-bond acceptors (Lipinski definition) is 7. The second kappa shape index (κ2) is 14.7. The fourth-order valence-electron chi connectivity index (χ4n) is 4.44. The number of aryl methyl sites for hydroxylation is 1. The van der Waals surface area contributed by atoms with E-state index in [4.69, 9.17) is 14.2 Å². The van der Waals surface area contributed by atoms with Gasteiger partial charge in [0.05, 0.1) is 13.2 Å². The zero-order chi connectivity index (χ0) is 30.2. The summed E-state index contributed by atoms with van der Waals surface area (Å²) in [5.74, 6) is -0.0570. The highest BCUT2D eigenvalue weighted by Crippen LogP contribution is 2.40. The van der Waals surface area contributed by atoms with Crippen LogP contribution in [0.4, 0.5) is 0 Å². The van der Waals surface area contributed by atoms with Crippen LogP contribution in [0.5, 0.6) is 11.5 Å². The molecule has 2 aromatic carbocycles. The van der Waals surface area contributed by atoms with E-state index < -0.39 is 31.5 Å². The maximum absolute atomic E-state index is 13.9. The van der Waals surface area contributed by atoms with Crippen molar-refractivity contribution in [1.29, 1.82) is 0 Å². The molecule has 2 unspecified atom stereocenters. The lowest BCUT2D eigenvalue weighted by Crippen LogP contribution is -2.43. The SMILES string of the molecule is CCOC(=O)C(C)NP(=O)(COc1cc(C)c(Cc2ccc(O)c(C(C)C)c2)c(C)c1C)NC(C)C(=O)OCC. The van der Waals surface area contributed by atoms with Gasteiger partial charge in [-0.2, -0.15) is 0 Å². The summed E-state index contributed by atoms with van der Waals surface area (Å²) in [6.07, 6.45) is 0.379. The molecule has 2 atom stereocenters. The minimum Gasteiger partial charge on any atom is -0.508 e. The molecule has 2 aromatic rings. The van der Waals surface area contributed by atoms with Gasteiger partial charge in [-0.15, -0.1) is 0 Å². The standard InChI is InChI=1S/C30H45N2O7P/c1-10-37-29(34)22(8)31-40(36,32-23(9)30(35)38-11-2)17-39-28-14-19(5)26(20(6)21(28)7)16-24-12-13-27(33)25(15-24)18(3)4/h12-15,18,22-23,33H,10-11,16-17H2,1-9H3,(H2,31,32,36). The quantitative estimate of drug-likeness (QED) is 0.194. The van der Waals surface area contributed by atoms with Gasteiger partial charge in [-0.3, -0.25) is 14.2 Å². The van der Waals surface area contributed by atoms with Crippen LogP contribution < -0.4 is 14.9 Å². The molecule has 3 N–H and O–H groups in total. The second-order valence-corrected chi connectivity index (χ2v) is 12.6. The third-order valence-corrected chi connectivity index (χ3v) is 8.89. The topological polar surface area (TPSA) is 123 Å². The average Bonchev–Trinajstić information content (AvgIpc) is 2.88. The monoisotopic (exact) mass is 576 g/mol. The Bertz CT molecular complexity index is 1220. The van der Waals surface area contributed by atoms with E-state index in [1.54, 1.807) is 33.8 Å². The van der Waals surface area contributed by atoms with E-state index in [0.29, 0.717) is 17.9 Å². The molecule has 2 rings (SSSR count). The Kier molecular flexibility index (Phi) is 12.2. The maximum Gasteiger partial charge on any atom is 0.323 e. The highest BCUT2D eigenvalue weighted by atomic mass is 31.2. The molecule has 0 amide bonds. The van der Waals surface area contributed by atoms with Crippen LogP contribution in [0.15, 0.2) is 24.3 Å². The van der Waals surface area contributed by atoms with Gasteiger partial charge < -0.3 is 19.3 Å². The van der Waals surface area contributed by atoms with Crippen LogP contribution in [0.2, 0.25) is 0 Å². The zero-order valence-electron chi connectivity index (χ0n) is 25.2. The summed E-state index contributed by atoms with van der Waals surface area (Å²) in [5, 5.41) is 15.8. The third-order valence-electron chi connectivity index (χ3n) is 6.79. The first kappa shape index (κ1) is 33.3. The number of carbonyl (C=O) groups excluding carboxylic acids is 2. The first-order valence-corrected chi connectivity index (χ1v) is 15.6. The van der Waals surface area contributed by atoms with Crippen molar-refractivity contribution >= 4 is 19.4 Å². The van der Waals surface area contributed by atoms with Gasteiger partial charge in [0.25, 0.3) is 0 Å². The molecule has 10 heteroatoms. The predicted molar refractivity (Wildman–Crippen MR) is 157 cm³/mol. The molecule has 0 aliphatic heterocycles. The van der Waals surface area contributed by atoms with Crippen LogP contribution in [0.25, 0.3) is 0 Å². The number of esters is 2. The predicted octanol–water partition coefficient (Wildman–Crippen LogP) is 5.64. The number of phenolic OH excluding ortho intramolecular Hbond substituents is 1. The zero-order valence-corrected chi connectivity index (χ0v) is 26.1. The van der Waals surface area contributed by atoms with Crippen molar-refractivity contribution in [3.63, 3.8) is 0 Å². The molecule has 0 spiro atoms. The molecule has 40 heavy (non-hydrogen) atoms. The van der Waals surface area contributed by atoms with Crippen LogP contribution in [0.1, 0.15) is 80.8 Å². The normalized spacial score (nSPS) is 14.3. The molecule has 0 saturated carbocycles. The molecule has 0 saturated heterocycles. The summed E-state index contributed by atoms with van der Waals surface area (Å²) >= 11 is 0. The number of ether oxygens (including phenoxy) is 3. The number of nitrogens with one attached hydrogen (secondary N) is 2. The van der Waals surface area contributed by atoms with Crippen molar-refractivity contribution in [3.05, 3.63) is 57.6 Å². The van der Waals surface area contributed by atoms with E-state index in [9.17, 15) is 19.3 Å². The van der Waals surface area contributed by atoms with Gasteiger partial charge in [0.1, 0.15) is 23.6 Å². The Hall–Kier alpha value is -2.87. The Morgan fingerprint density at radius 2 is 1.45 bits per heavy atom. The number of rotatable bonds is 14. The van der Waals surface area contributed by atoms with Gasteiger partial charge in [0.15, 0.2) is 6.35 Å². The van der Waals surface area contributed by atoms with Crippen LogP contribution in [-0.2, 0) is 30.0 Å². The van der Waals surface area contributed by atoms with Crippen molar-refractivity contribution in [2.45, 2.75) is 86.7 Å². The summed E-state index contributed by atoms with van der Waals surface area (Å²) in [6, 6.07) is 5.83. The Balaban J connectivity index is 2.32. The van der Waals surface area contributed by atoms with Gasteiger partial charge in [0.2, 0.25) is 7.44 Å². The number of carbonyl (C=O) groups is 2. The van der Waals surface area contributed by atoms with E-state index in [2.05, 4.69) is 24.0 Å². The molecule has 222 valence electrons. The summed E-state index contributed by atoms with van der Waals surface area (Å²) in [5.41, 5.74) is 6.11. The largest absolute Gasteiger partial charge is 0.508 e. The smallest absolute Gasteiger partial charge is 0.323 e. The first-order valence-electron chi connectivity index (χ1n) is 13.7.